The molecule has 5 nitrogen and oxygen atoms in total. The van der Waals surface area contributed by atoms with Gasteiger partial charge in [-0.05, 0) is 19.3 Å². The van der Waals surface area contributed by atoms with Gasteiger partial charge in [0.15, 0.2) is 0 Å². The normalized spacial score (nSPS) is 26.3. The molecule has 0 radical (unpaired) electrons. The van der Waals surface area contributed by atoms with E-state index in [4.69, 9.17) is 9.66 Å². The molecule has 2 N–H and O–H groups in total. The van der Waals surface area contributed by atoms with E-state index in [1.54, 1.807) is 0 Å². The largest absolute Gasteiger partial charge is 0.396 e. The van der Waals surface area contributed by atoms with E-state index in [0.717, 1.165) is 17.1 Å². The summed E-state index contributed by atoms with van der Waals surface area (Å²) in [5, 5.41) is 8.61. The molecule has 1 fully saturated rings. The summed E-state index contributed by atoms with van der Waals surface area (Å²) >= 11 is 0. The molecule has 1 rings (SSSR count). The minimum atomic E-state index is -4.05. The van der Waals surface area contributed by atoms with Gasteiger partial charge in [0.2, 0.25) is 0 Å². The Bertz CT molecular complexity index is 238. The fraction of sp³-hybridized carbons (Fsp3) is 1.00. The standard InChI is InChI=1S/C6H13NO4S/c8-5-3-6-2-1-4-7(6)12(9,10)11/h6,8H,1-5H2,(H,9,10,11). The van der Waals surface area contributed by atoms with Gasteiger partial charge in [-0.25, -0.2) is 0 Å². The van der Waals surface area contributed by atoms with Crippen molar-refractivity contribution in [1.82, 2.24) is 4.31 Å². The summed E-state index contributed by atoms with van der Waals surface area (Å²) in [5.74, 6) is 0. The Balaban J connectivity index is 2.64. The molecule has 1 saturated heterocycles. The monoisotopic (exact) mass is 195 g/mol. The van der Waals surface area contributed by atoms with Crippen molar-refractivity contribution in [3.63, 3.8) is 0 Å². The predicted octanol–water partition coefficient (Wildman–Crippen LogP) is -0.364. The summed E-state index contributed by atoms with van der Waals surface area (Å²) in [6.45, 7) is 0.320. The van der Waals surface area contributed by atoms with Crippen molar-refractivity contribution in [2.45, 2.75) is 25.3 Å². The Morgan fingerprint density at radius 1 is 1.50 bits per heavy atom. The molecular formula is C6H13NO4S. The smallest absolute Gasteiger partial charge is 0.336 e. The lowest BCUT2D eigenvalue weighted by molar-refractivity contribution is 0.239. The van der Waals surface area contributed by atoms with E-state index >= 15 is 0 Å². The van der Waals surface area contributed by atoms with Crippen molar-refractivity contribution < 1.29 is 18.1 Å². The van der Waals surface area contributed by atoms with Crippen LogP contribution in [0.25, 0.3) is 0 Å². The molecule has 0 bridgehead atoms. The van der Waals surface area contributed by atoms with Crippen molar-refractivity contribution in [2.75, 3.05) is 13.2 Å². The van der Waals surface area contributed by atoms with Crippen LogP contribution in [-0.4, -0.2) is 41.6 Å². The molecule has 6 heteroatoms. The van der Waals surface area contributed by atoms with Gasteiger partial charge < -0.3 is 5.11 Å². The van der Waals surface area contributed by atoms with Crippen LogP contribution < -0.4 is 0 Å². The van der Waals surface area contributed by atoms with Gasteiger partial charge >= 0.3 is 10.3 Å². The molecule has 0 aliphatic carbocycles. The molecule has 12 heavy (non-hydrogen) atoms. The molecule has 1 aliphatic rings. The second-order valence-corrected chi connectivity index (χ2v) is 4.26. The van der Waals surface area contributed by atoms with Crippen molar-refractivity contribution in [3.8, 4) is 0 Å². The number of hydrogen-bond acceptors (Lipinski definition) is 3. The van der Waals surface area contributed by atoms with E-state index in [2.05, 4.69) is 0 Å². The maximum absolute atomic E-state index is 10.7. The first kappa shape index (κ1) is 9.91. The minimum Gasteiger partial charge on any atom is -0.396 e. The van der Waals surface area contributed by atoms with Gasteiger partial charge in [0.25, 0.3) is 0 Å². The number of hydrogen-bond donors (Lipinski definition) is 2. The molecule has 0 saturated carbocycles. The molecule has 72 valence electrons. The van der Waals surface area contributed by atoms with Crippen LogP contribution >= 0.6 is 0 Å². The fourth-order valence-electron chi connectivity index (χ4n) is 1.55. The molecule has 0 aromatic carbocycles. The van der Waals surface area contributed by atoms with E-state index in [1.165, 1.54) is 0 Å². The van der Waals surface area contributed by atoms with Crippen molar-refractivity contribution >= 4 is 10.3 Å². The quantitative estimate of drug-likeness (QED) is 0.603. The molecule has 1 atom stereocenters. The van der Waals surface area contributed by atoms with Gasteiger partial charge in [0, 0.05) is 19.2 Å². The summed E-state index contributed by atoms with van der Waals surface area (Å²) < 4.78 is 31.2. The second kappa shape index (κ2) is 3.69. The number of aliphatic hydroxyl groups excluding tert-OH is 1. The topological polar surface area (TPSA) is 77.8 Å². The molecule has 0 aromatic heterocycles. The first-order valence-corrected chi connectivity index (χ1v) is 5.30. The second-order valence-electron chi connectivity index (χ2n) is 2.90. The molecule has 1 heterocycles. The Morgan fingerprint density at radius 2 is 2.17 bits per heavy atom. The molecule has 1 unspecified atom stereocenters. The van der Waals surface area contributed by atoms with E-state index in [1.807, 2.05) is 0 Å². The highest BCUT2D eigenvalue weighted by Gasteiger charge is 2.32. The predicted molar refractivity (Wildman–Crippen MR) is 43.0 cm³/mol. The zero-order chi connectivity index (χ0) is 9.19. The van der Waals surface area contributed by atoms with Crippen LogP contribution in [0.4, 0.5) is 0 Å². The Labute approximate surface area is 71.9 Å². The lowest BCUT2D eigenvalue weighted by Crippen LogP contribution is -2.35. The van der Waals surface area contributed by atoms with Gasteiger partial charge in [-0.1, -0.05) is 0 Å². The van der Waals surface area contributed by atoms with Crippen LogP contribution in [0.2, 0.25) is 0 Å². The molecule has 1 aliphatic heterocycles. The van der Waals surface area contributed by atoms with Gasteiger partial charge in [0.1, 0.15) is 0 Å². The van der Waals surface area contributed by atoms with Crippen LogP contribution in [0.5, 0.6) is 0 Å². The Kier molecular flexibility index (Phi) is 3.05. The maximum atomic E-state index is 10.7. The van der Waals surface area contributed by atoms with Crippen LogP contribution in [0, 0.1) is 0 Å². The summed E-state index contributed by atoms with van der Waals surface area (Å²) in [4.78, 5) is 0. The van der Waals surface area contributed by atoms with Crippen LogP contribution in [-0.2, 0) is 10.3 Å². The summed E-state index contributed by atoms with van der Waals surface area (Å²) in [5.41, 5.74) is 0. The minimum absolute atomic E-state index is 0.0450. The van der Waals surface area contributed by atoms with Gasteiger partial charge in [-0.15, -0.1) is 0 Å². The fourth-order valence-corrected chi connectivity index (χ4v) is 2.50. The van der Waals surface area contributed by atoms with E-state index in [9.17, 15) is 8.42 Å². The van der Waals surface area contributed by atoms with Gasteiger partial charge in [0.05, 0.1) is 0 Å². The highest BCUT2D eigenvalue weighted by Crippen LogP contribution is 2.21. The number of nitrogens with zero attached hydrogens (tertiary/aromatic N) is 1. The van der Waals surface area contributed by atoms with Crippen molar-refractivity contribution in [3.05, 3.63) is 0 Å². The first-order chi connectivity index (χ1) is 5.55. The zero-order valence-corrected chi connectivity index (χ0v) is 7.50. The average Bonchev–Trinajstić information content (AvgIpc) is 2.34. The molecule has 0 amide bonds. The SMILES string of the molecule is O=S(=O)(O)N1CCCC1CCO. The van der Waals surface area contributed by atoms with Gasteiger partial charge in [-0.2, -0.15) is 12.7 Å². The first-order valence-electron chi connectivity index (χ1n) is 3.91. The Hall–Kier alpha value is -0.170. The summed E-state index contributed by atoms with van der Waals surface area (Å²) in [6, 6.07) is -0.218. The molecular weight excluding hydrogens is 182 g/mol. The summed E-state index contributed by atoms with van der Waals surface area (Å²) in [6.07, 6.45) is 1.88. The highest BCUT2D eigenvalue weighted by molar-refractivity contribution is 7.83. The third-order valence-electron chi connectivity index (χ3n) is 2.08. The van der Waals surface area contributed by atoms with E-state index in [0.29, 0.717) is 13.0 Å². The molecule has 0 aromatic rings. The number of aliphatic hydroxyl groups is 1. The summed E-state index contributed by atoms with van der Waals surface area (Å²) in [7, 11) is -4.05. The lowest BCUT2D eigenvalue weighted by Gasteiger charge is -2.19. The lowest BCUT2D eigenvalue weighted by atomic mass is 10.2. The maximum Gasteiger partial charge on any atom is 0.336 e. The van der Waals surface area contributed by atoms with Crippen LogP contribution in [0.1, 0.15) is 19.3 Å². The van der Waals surface area contributed by atoms with Crippen molar-refractivity contribution in [2.24, 2.45) is 0 Å². The number of rotatable bonds is 3. The van der Waals surface area contributed by atoms with Crippen LogP contribution in [0.15, 0.2) is 0 Å². The van der Waals surface area contributed by atoms with E-state index in [-0.39, 0.29) is 12.6 Å². The third kappa shape index (κ3) is 2.16. The van der Waals surface area contributed by atoms with Gasteiger partial charge in [-0.3, -0.25) is 4.55 Å². The highest BCUT2D eigenvalue weighted by atomic mass is 32.2. The van der Waals surface area contributed by atoms with Crippen molar-refractivity contribution in [1.29, 1.82) is 0 Å². The zero-order valence-electron chi connectivity index (χ0n) is 6.68. The average molecular weight is 195 g/mol. The van der Waals surface area contributed by atoms with E-state index < -0.39 is 10.3 Å². The Morgan fingerprint density at radius 3 is 2.67 bits per heavy atom. The third-order valence-corrected chi connectivity index (χ3v) is 3.16. The van der Waals surface area contributed by atoms with Crippen LogP contribution in [0.3, 0.4) is 0 Å². The molecule has 0 spiro atoms.